The van der Waals surface area contributed by atoms with Crippen molar-refractivity contribution >= 4 is 27.7 Å². The summed E-state index contributed by atoms with van der Waals surface area (Å²) < 4.78 is 42.0. The molecule has 6 rings (SSSR count). The number of aromatic nitrogens is 2. The number of benzene rings is 4. The van der Waals surface area contributed by atoms with Gasteiger partial charge in [0.1, 0.15) is 6.04 Å². The number of amides is 1. The number of ether oxygens (including phenoxy) is 2. The first kappa shape index (κ1) is 36.4. The molecule has 0 unspecified atom stereocenters. The Hall–Kier alpha value is -4.43. The number of carbonyl (C=O) groups is 1. The molecule has 1 saturated heterocycles. The van der Waals surface area contributed by atoms with Crippen molar-refractivity contribution in [3.63, 3.8) is 0 Å². The molecule has 1 amide bonds. The Kier molecular flexibility index (Phi) is 12.3. The van der Waals surface area contributed by atoms with Crippen LogP contribution in [0.25, 0.3) is 0 Å². The second kappa shape index (κ2) is 17.2. The summed E-state index contributed by atoms with van der Waals surface area (Å²) in [6.07, 6.45) is 3.23. The Bertz CT molecular complexity index is 1970. The minimum Gasteiger partial charge on any atom is -0.392 e. The van der Waals surface area contributed by atoms with E-state index in [0.29, 0.717) is 17.3 Å². The van der Waals surface area contributed by atoms with Gasteiger partial charge in [-0.2, -0.15) is 4.72 Å². The summed E-state index contributed by atoms with van der Waals surface area (Å²) in [6.45, 7) is 2.04. The Morgan fingerprint density at radius 2 is 1.51 bits per heavy atom. The third-order valence-corrected chi connectivity index (χ3v) is 11.0. The molecule has 4 aromatic carbocycles. The lowest BCUT2D eigenvalue weighted by atomic mass is 10.0. The van der Waals surface area contributed by atoms with Crippen LogP contribution in [-0.4, -0.2) is 47.3 Å². The zero-order chi connectivity index (χ0) is 35.6. The minimum atomic E-state index is -3.95. The van der Waals surface area contributed by atoms with Crippen LogP contribution >= 0.6 is 11.8 Å². The third-order valence-electron chi connectivity index (χ3n) is 8.50. The minimum absolute atomic E-state index is 0.0303. The predicted octanol–water partition coefficient (Wildman–Crippen LogP) is 5.82. The van der Waals surface area contributed by atoms with Gasteiger partial charge in [0.25, 0.3) is 0 Å². The zero-order valence-electron chi connectivity index (χ0n) is 28.1. The molecule has 1 aliphatic rings. The molecule has 0 spiro atoms. The standard InChI is InChI=1S/C39H40N4O6S2/c1-27-8-18-34(19-9-27)51(46,47)43-35(22-28-6-3-2-4-7-28)37(45)42-24-29-10-16-32(17-11-29)38-48-33(26-50-39-40-20-5-21-41-39)23-36(49-38)31-14-12-30(25-44)13-15-31/h2-21,33,35-36,38,43-44H,22-26H2,1H3,(H,42,45)/t33-,35-,36+,38+/m1/s1. The Morgan fingerprint density at radius 1 is 0.843 bits per heavy atom. The number of thioether (sulfide) groups is 1. The van der Waals surface area contributed by atoms with Crippen LogP contribution in [0.1, 0.15) is 52.2 Å². The molecular formula is C39H40N4O6S2. The van der Waals surface area contributed by atoms with E-state index in [2.05, 4.69) is 20.0 Å². The molecule has 4 atom stereocenters. The predicted molar refractivity (Wildman–Crippen MR) is 195 cm³/mol. The lowest BCUT2D eigenvalue weighted by Gasteiger charge is -2.36. The van der Waals surface area contributed by atoms with Gasteiger partial charge in [-0.3, -0.25) is 4.79 Å². The number of sulfonamides is 1. The molecule has 12 heteroatoms. The second-order valence-corrected chi connectivity index (χ2v) is 15.0. The molecule has 0 bridgehead atoms. The van der Waals surface area contributed by atoms with Gasteiger partial charge in [-0.25, -0.2) is 18.4 Å². The van der Waals surface area contributed by atoms with E-state index >= 15 is 0 Å². The summed E-state index contributed by atoms with van der Waals surface area (Å²) >= 11 is 1.53. The first-order valence-electron chi connectivity index (χ1n) is 16.7. The van der Waals surface area contributed by atoms with Gasteiger partial charge < -0.3 is 19.9 Å². The fraction of sp³-hybridized carbons (Fsp3) is 0.256. The number of hydrogen-bond donors (Lipinski definition) is 3. The van der Waals surface area contributed by atoms with E-state index in [-0.39, 0.29) is 36.7 Å². The van der Waals surface area contributed by atoms with E-state index in [4.69, 9.17) is 9.47 Å². The van der Waals surface area contributed by atoms with E-state index in [1.165, 1.54) is 23.9 Å². The largest absolute Gasteiger partial charge is 0.392 e. The quantitative estimate of drug-likeness (QED) is 0.0955. The van der Waals surface area contributed by atoms with E-state index in [9.17, 15) is 18.3 Å². The monoisotopic (exact) mass is 724 g/mol. The Morgan fingerprint density at radius 3 is 2.20 bits per heavy atom. The van der Waals surface area contributed by atoms with Crippen LogP contribution in [0.2, 0.25) is 0 Å². The molecule has 10 nitrogen and oxygen atoms in total. The molecule has 0 saturated carbocycles. The van der Waals surface area contributed by atoms with Crippen LogP contribution in [0, 0.1) is 6.92 Å². The van der Waals surface area contributed by atoms with Crippen LogP contribution < -0.4 is 10.0 Å². The molecule has 1 aromatic heterocycles. The highest BCUT2D eigenvalue weighted by Gasteiger charge is 2.32. The highest BCUT2D eigenvalue weighted by Crippen LogP contribution is 2.39. The lowest BCUT2D eigenvalue weighted by molar-refractivity contribution is -0.245. The van der Waals surface area contributed by atoms with Crippen molar-refractivity contribution < 1.29 is 27.8 Å². The smallest absolute Gasteiger partial charge is 0.241 e. The molecule has 0 radical (unpaired) electrons. The third kappa shape index (κ3) is 10.1. The van der Waals surface area contributed by atoms with Crippen molar-refractivity contribution in [1.82, 2.24) is 20.0 Å². The number of carbonyl (C=O) groups excluding carboxylic acids is 1. The number of rotatable bonds is 14. The molecule has 264 valence electrons. The van der Waals surface area contributed by atoms with Crippen molar-refractivity contribution in [3.8, 4) is 0 Å². The summed E-state index contributed by atoms with van der Waals surface area (Å²) in [5, 5.41) is 13.1. The summed E-state index contributed by atoms with van der Waals surface area (Å²) in [4.78, 5) is 22.2. The fourth-order valence-corrected chi connectivity index (χ4v) is 7.68. The maximum atomic E-state index is 13.5. The maximum absolute atomic E-state index is 13.5. The van der Waals surface area contributed by atoms with Crippen LogP contribution in [-0.2, 0) is 43.9 Å². The molecule has 3 N–H and O–H groups in total. The highest BCUT2D eigenvalue weighted by molar-refractivity contribution is 7.99. The molecule has 2 heterocycles. The topological polar surface area (TPSA) is 140 Å². The SMILES string of the molecule is Cc1ccc(S(=O)(=O)N[C@H](Cc2ccccc2)C(=O)NCc2ccc([C@H]3O[C@@H](CSc4ncccn4)C[C@@H](c4ccc(CO)cc4)O3)cc2)cc1. The number of aliphatic hydroxyl groups excluding tert-OH is 1. The number of aliphatic hydroxyl groups is 1. The highest BCUT2D eigenvalue weighted by atomic mass is 32.2. The van der Waals surface area contributed by atoms with Crippen molar-refractivity contribution in [2.45, 2.75) is 67.5 Å². The lowest BCUT2D eigenvalue weighted by Crippen LogP contribution is -2.47. The number of nitrogens with one attached hydrogen (secondary N) is 2. The molecule has 1 fully saturated rings. The Labute approximate surface area is 302 Å². The average molecular weight is 725 g/mol. The first-order valence-corrected chi connectivity index (χ1v) is 19.1. The van der Waals surface area contributed by atoms with Crippen molar-refractivity contribution in [2.24, 2.45) is 0 Å². The van der Waals surface area contributed by atoms with Crippen LogP contribution in [0.5, 0.6) is 0 Å². The van der Waals surface area contributed by atoms with Crippen molar-refractivity contribution in [3.05, 3.63) is 155 Å². The summed E-state index contributed by atoms with van der Waals surface area (Å²) in [7, 11) is -3.95. The molecule has 0 aliphatic carbocycles. The average Bonchev–Trinajstić information content (AvgIpc) is 3.17. The second-order valence-electron chi connectivity index (χ2n) is 12.3. The number of nitrogens with zero attached hydrogens (tertiary/aromatic N) is 2. The fourth-order valence-electron chi connectivity index (χ4n) is 5.67. The van der Waals surface area contributed by atoms with Crippen LogP contribution in [0.15, 0.2) is 132 Å². The summed E-state index contributed by atoms with van der Waals surface area (Å²) in [6, 6.07) is 31.9. The molecule has 5 aromatic rings. The zero-order valence-corrected chi connectivity index (χ0v) is 29.7. The maximum Gasteiger partial charge on any atom is 0.241 e. The van der Waals surface area contributed by atoms with E-state index in [0.717, 1.165) is 33.4 Å². The van der Waals surface area contributed by atoms with Gasteiger partial charge in [-0.1, -0.05) is 108 Å². The Balaban J connectivity index is 1.13. The normalized spacial score (nSPS) is 18.2. The molecule has 51 heavy (non-hydrogen) atoms. The molecular weight excluding hydrogens is 685 g/mol. The van der Waals surface area contributed by atoms with Gasteiger partial charge in [0.2, 0.25) is 15.9 Å². The van der Waals surface area contributed by atoms with E-state index in [1.807, 2.05) is 85.8 Å². The van der Waals surface area contributed by atoms with Gasteiger partial charge in [0.15, 0.2) is 11.4 Å². The van der Waals surface area contributed by atoms with E-state index in [1.54, 1.807) is 30.6 Å². The van der Waals surface area contributed by atoms with Gasteiger partial charge in [0.05, 0.1) is 23.7 Å². The van der Waals surface area contributed by atoms with Gasteiger partial charge in [0, 0.05) is 36.7 Å². The first-order chi connectivity index (χ1) is 24.8. The number of aryl methyl sites for hydroxylation is 1. The van der Waals surface area contributed by atoms with Crippen LogP contribution in [0.4, 0.5) is 0 Å². The van der Waals surface area contributed by atoms with Crippen molar-refractivity contribution in [2.75, 3.05) is 5.75 Å². The summed E-state index contributed by atoms with van der Waals surface area (Å²) in [5.41, 5.74) is 5.23. The molecule has 1 aliphatic heterocycles. The number of hydrogen-bond acceptors (Lipinski definition) is 9. The summed E-state index contributed by atoms with van der Waals surface area (Å²) in [5.74, 6) is 0.201. The van der Waals surface area contributed by atoms with Gasteiger partial charge in [-0.15, -0.1) is 0 Å². The van der Waals surface area contributed by atoms with Gasteiger partial charge >= 0.3 is 0 Å². The van der Waals surface area contributed by atoms with E-state index < -0.39 is 28.3 Å². The van der Waals surface area contributed by atoms with Crippen molar-refractivity contribution in [1.29, 1.82) is 0 Å². The van der Waals surface area contributed by atoms with Gasteiger partial charge in [-0.05, 0) is 53.8 Å². The van der Waals surface area contributed by atoms with Crippen LogP contribution in [0.3, 0.4) is 0 Å².